The second-order valence-corrected chi connectivity index (χ2v) is 6.81. The van der Waals surface area contributed by atoms with Gasteiger partial charge in [0.2, 0.25) is 0 Å². The molecule has 1 unspecified atom stereocenters. The third-order valence-corrected chi connectivity index (χ3v) is 5.23. The third-order valence-electron chi connectivity index (χ3n) is 5.23. The number of pyridine rings is 1. The lowest BCUT2D eigenvalue weighted by Gasteiger charge is -2.30. The van der Waals surface area contributed by atoms with Crippen molar-refractivity contribution >= 4 is 11.7 Å². The molecule has 1 amide bonds. The minimum absolute atomic E-state index is 0.0495. The molecule has 1 saturated heterocycles. The Morgan fingerprint density at radius 1 is 1.22 bits per heavy atom. The number of nitrogens with one attached hydrogen (secondary N) is 1. The van der Waals surface area contributed by atoms with E-state index >= 15 is 0 Å². The number of anilines is 1. The summed E-state index contributed by atoms with van der Waals surface area (Å²) in [5, 5.41) is 3.12. The molecule has 3 rings (SSSR count). The molecule has 126 valence electrons. The fourth-order valence-electron chi connectivity index (χ4n) is 3.81. The molecular weight excluding hydrogens is 288 g/mol. The zero-order chi connectivity index (χ0) is 16.1. The highest BCUT2D eigenvalue weighted by Gasteiger charge is 2.24. The molecule has 5 heteroatoms. The van der Waals surface area contributed by atoms with Crippen LogP contribution in [0.2, 0.25) is 0 Å². The number of amides is 1. The van der Waals surface area contributed by atoms with Gasteiger partial charge in [0, 0.05) is 31.9 Å². The first-order chi connectivity index (χ1) is 11.3. The van der Waals surface area contributed by atoms with Crippen molar-refractivity contribution in [2.75, 3.05) is 24.5 Å². The Labute approximate surface area is 138 Å². The summed E-state index contributed by atoms with van der Waals surface area (Å²) in [6, 6.07) is 3.92. The van der Waals surface area contributed by atoms with Gasteiger partial charge in [0.05, 0.1) is 5.56 Å². The van der Waals surface area contributed by atoms with E-state index < -0.39 is 0 Å². The van der Waals surface area contributed by atoms with Crippen molar-refractivity contribution in [3.8, 4) is 0 Å². The SMILES string of the molecule is NCC(NC(=O)c1ccc(N2CCCC2)nc1)C1CCCCC1. The molecule has 1 saturated carbocycles. The van der Waals surface area contributed by atoms with Gasteiger partial charge >= 0.3 is 0 Å². The van der Waals surface area contributed by atoms with E-state index in [9.17, 15) is 4.79 Å². The molecule has 0 aromatic carbocycles. The van der Waals surface area contributed by atoms with E-state index in [1.54, 1.807) is 6.20 Å². The van der Waals surface area contributed by atoms with Gasteiger partial charge in [0.1, 0.15) is 5.82 Å². The number of carbonyl (C=O) groups excluding carboxylic acids is 1. The van der Waals surface area contributed by atoms with Crippen LogP contribution >= 0.6 is 0 Å². The summed E-state index contributed by atoms with van der Waals surface area (Å²) in [5.74, 6) is 1.45. The molecule has 0 radical (unpaired) electrons. The highest BCUT2D eigenvalue weighted by molar-refractivity contribution is 5.94. The van der Waals surface area contributed by atoms with Gasteiger partial charge in [-0.05, 0) is 43.7 Å². The largest absolute Gasteiger partial charge is 0.357 e. The number of rotatable bonds is 5. The van der Waals surface area contributed by atoms with E-state index in [2.05, 4.69) is 15.2 Å². The number of hydrogen-bond acceptors (Lipinski definition) is 4. The summed E-state index contributed by atoms with van der Waals surface area (Å²) in [6.45, 7) is 2.64. The highest BCUT2D eigenvalue weighted by atomic mass is 16.1. The van der Waals surface area contributed by atoms with Gasteiger partial charge in [0.25, 0.3) is 5.91 Å². The average molecular weight is 316 g/mol. The fraction of sp³-hybridized carbons (Fsp3) is 0.667. The van der Waals surface area contributed by atoms with Crippen LogP contribution in [0.15, 0.2) is 18.3 Å². The van der Waals surface area contributed by atoms with E-state index in [0.717, 1.165) is 18.9 Å². The van der Waals surface area contributed by atoms with Crippen LogP contribution in [0.4, 0.5) is 5.82 Å². The smallest absolute Gasteiger partial charge is 0.253 e. The predicted molar refractivity (Wildman–Crippen MR) is 92.6 cm³/mol. The highest BCUT2D eigenvalue weighted by Crippen LogP contribution is 2.26. The first kappa shape index (κ1) is 16.2. The fourth-order valence-corrected chi connectivity index (χ4v) is 3.81. The van der Waals surface area contributed by atoms with Gasteiger partial charge in [-0.3, -0.25) is 4.79 Å². The molecular formula is C18H28N4O. The van der Waals surface area contributed by atoms with Gasteiger partial charge in [0.15, 0.2) is 0 Å². The second kappa shape index (κ2) is 7.77. The van der Waals surface area contributed by atoms with Gasteiger partial charge in [-0.1, -0.05) is 19.3 Å². The van der Waals surface area contributed by atoms with Crippen molar-refractivity contribution in [1.82, 2.24) is 10.3 Å². The molecule has 23 heavy (non-hydrogen) atoms. The molecule has 1 aliphatic heterocycles. The van der Waals surface area contributed by atoms with Crippen molar-refractivity contribution in [3.05, 3.63) is 23.9 Å². The van der Waals surface area contributed by atoms with Crippen molar-refractivity contribution < 1.29 is 4.79 Å². The Morgan fingerprint density at radius 3 is 2.57 bits per heavy atom. The molecule has 0 spiro atoms. The van der Waals surface area contributed by atoms with Crippen molar-refractivity contribution in [3.63, 3.8) is 0 Å². The average Bonchev–Trinajstić information content (AvgIpc) is 3.15. The maximum atomic E-state index is 12.5. The van der Waals surface area contributed by atoms with Gasteiger partial charge in [-0.2, -0.15) is 0 Å². The van der Waals surface area contributed by atoms with Crippen LogP contribution in [-0.4, -0.2) is 36.6 Å². The quantitative estimate of drug-likeness (QED) is 0.874. The van der Waals surface area contributed by atoms with Crippen LogP contribution in [0.3, 0.4) is 0 Å². The van der Waals surface area contributed by atoms with E-state index in [4.69, 9.17) is 5.73 Å². The van der Waals surface area contributed by atoms with Crippen molar-refractivity contribution in [1.29, 1.82) is 0 Å². The zero-order valence-electron chi connectivity index (χ0n) is 13.8. The van der Waals surface area contributed by atoms with Crippen molar-refractivity contribution in [2.24, 2.45) is 11.7 Å². The Bertz CT molecular complexity index is 504. The number of nitrogens with two attached hydrogens (primary N) is 1. The van der Waals surface area contributed by atoms with Gasteiger partial charge < -0.3 is 16.0 Å². The minimum Gasteiger partial charge on any atom is -0.357 e. The predicted octanol–water partition coefficient (Wildman–Crippen LogP) is 2.32. The second-order valence-electron chi connectivity index (χ2n) is 6.81. The molecule has 1 aliphatic carbocycles. The Morgan fingerprint density at radius 2 is 1.96 bits per heavy atom. The number of hydrogen-bond donors (Lipinski definition) is 2. The van der Waals surface area contributed by atoms with Crippen molar-refractivity contribution in [2.45, 2.75) is 51.0 Å². The molecule has 5 nitrogen and oxygen atoms in total. The summed E-state index contributed by atoms with van der Waals surface area (Å²) >= 11 is 0. The molecule has 2 aliphatic rings. The zero-order valence-corrected chi connectivity index (χ0v) is 13.8. The maximum absolute atomic E-state index is 12.5. The lowest BCUT2D eigenvalue weighted by atomic mass is 9.84. The lowest BCUT2D eigenvalue weighted by molar-refractivity contribution is 0.0915. The Kier molecular flexibility index (Phi) is 5.49. The molecule has 2 fully saturated rings. The van der Waals surface area contributed by atoms with Crippen LogP contribution in [0.1, 0.15) is 55.3 Å². The van der Waals surface area contributed by atoms with Crippen LogP contribution in [0.5, 0.6) is 0 Å². The van der Waals surface area contributed by atoms with Crippen LogP contribution in [0, 0.1) is 5.92 Å². The summed E-state index contributed by atoms with van der Waals surface area (Å²) in [7, 11) is 0. The lowest BCUT2D eigenvalue weighted by Crippen LogP contribution is -2.45. The molecule has 2 heterocycles. The molecule has 3 N–H and O–H groups in total. The van der Waals surface area contributed by atoms with E-state index in [0.29, 0.717) is 18.0 Å². The molecule has 1 atom stereocenters. The first-order valence-electron chi connectivity index (χ1n) is 9.00. The van der Waals surface area contributed by atoms with Gasteiger partial charge in [-0.15, -0.1) is 0 Å². The van der Waals surface area contributed by atoms with Crippen LogP contribution in [0.25, 0.3) is 0 Å². The van der Waals surface area contributed by atoms with Crippen LogP contribution < -0.4 is 16.0 Å². The monoisotopic (exact) mass is 316 g/mol. The van der Waals surface area contributed by atoms with E-state index in [-0.39, 0.29) is 11.9 Å². The number of nitrogens with zero attached hydrogens (tertiary/aromatic N) is 2. The standard InChI is InChI=1S/C18H28N4O/c19-12-16(14-6-2-1-3-7-14)21-18(23)15-8-9-17(20-13-15)22-10-4-5-11-22/h8-9,13-14,16H,1-7,10-12,19H2,(H,21,23). The molecule has 0 bridgehead atoms. The van der Waals surface area contributed by atoms with E-state index in [1.807, 2.05) is 12.1 Å². The molecule has 1 aromatic rings. The summed E-state index contributed by atoms with van der Waals surface area (Å²) in [4.78, 5) is 19.2. The van der Waals surface area contributed by atoms with Gasteiger partial charge in [-0.25, -0.2) is 4.98 Å². The first-order valence-corrected chi connectivity index (χ1v) is 9.00. The third kappa shape index (κ3) is 4.02. The maximum Gasteiger partial charge on any atom is 0.253 e. The summed E-state index contributed by atoms with van der Waals surface area (Å²) in [5.41, 5.74) is 6.53. The number of carbonyl (C=O) groups is 1. The Balaban J connectivity index is 1.60. The summed E-state index contributed by atoms with van der Waals surface area (Å²) in [6.07, 6.45) is 10.3. The summed E-state index contributed by atoms with van der Waals surface area (Å²) < 4.78 is 0. The Hall–Kier alpha value is -1.62. The molecule has 1 aromatic heterocycles. The van der Waals surface area contributed by atoms with E-state index in [1.165, 1.54) is 44.9 Å². The topological polar surface area (TPSA) is 71.2 Å². The minimum atomic E-state index is -0.0495. The normalized spacial score (nSPS) is 20.5. The van der Waals surface area contributed by atoms with Crippen LogP contribution in [-0.2, 0) is 0 Å². The number of aromatic nitrogens is 1.